The lowest BCUT2D eigenvalue weighted by molar-refractivity contribution is -0.119. The van der Waals surface area contributed by atoms with Crippen LogP contribution < -0.4 is 5.32 Å². The Morgan fingerprint density at radius 3 is 2.74 bits per heavy atom. The Hall–Kier alpha value is -0.670. The van der Waals surface area contributed by atoms with Gasteiger partial charge in [0.25, 0.3) is 0 Å². The fourth-order valence-corrected chi connectivity index (χ4v) is 3.60. The lowest BCUT2D eigenvalue weighted by Gasteiger charge is -2.30. The number of hydrogen-bond donors (Lipinski definition) is 1. The highest BCUT2D eigenvalue weighted by Gasteiger charge is 2.25. The average Bonchev–Trinajstić information content (AvgIpc) is 2.47. The first-order valence-electron chi connectivity index (χ1n) is 6.83. The largest absolute Gasteiger partial charge is 0.352 e. The molecule has 0 spiro atoms. The molecule has 104 valence electrons. The number of amides is 1. The van der Waals surface area contributed by atoms with Gasteiger partial charge in [0, 0.05) is 16.8 Å². The number of rotatable bonds is 5. The number of benzene rings is 1. The fourth-order valence-electron chi connectivity index (χ4n) is 2.50. The van der Waals surface area contributed by atoms with Crippen LogP contribution in [0.2, 0.25) is 0 Å². The lowest BCUT2D eigenvalue weighted by Crippen LogP contribution is -2.43. The Morgan fingerprint density at radius 1 is 1.26 bits per heavy atom. The van der Waals surface area contributed by atoms with E-state index >= 15 is 0 Å². The predicted octanol–water partition coefficient (Wildman–Crippen LogP) is 3.69. The van der Waals surface area contributed by atoms with E-state index in [2.05, 4.69) is 5.32 Å². The van der Waals surface area contributed by atoms with Crippen molar-refractivity contribution >= 4 is 29.3 Å². The average molecular weight is 298 g/mol. The van der Waals surface area contributed by atoms with E-state index in [9.17, 15) is 4.79 Å². The molecule has 4 heteroatoms. The van der Waals surface area contributed by atoms with E-state index in [4.69, 9.17) is 11.6 Å². The zero-order valence-electron chi connectivity index (χ0n) is 11.0. The molecule has 1 saturated carbocycles. The van der Waals surface area contributed by atoms with Gasteiger partial charge in [-0.3, -0.25) is 4.79 Å². The third-order valence-corrected chi connectivity index (χ3v) is 4.98. The molecule has 1 amide bonds. The Balaban J connectivity index is 1.77. The third-order valence-electron chi connectivity index (χ3n) is 3.57. The maximum absolute atomic E-state index is 12.0. The molecular weight excluding hydrogens is 278 g/mol. The standard InChI is InChI=1S/C15H20ClNOS/c16-10-12-6-4-5-9-14(12)17-15(18)11-19-13-7-2-1-3-8-13/h1-3,7-8,12,14H,4-6,9-11H2,(H,17,18). The van der Waals surface area contributed by atoms with Crippen LogP contribution in [0.15, 0.2) is 35.2 Å². The molecule has 1 fully saturated rings. The first-order valence-corrected chi connectivity index (χ1v) is 8.35. The Morgan fingerprint density at radius 2 is 2.00 bits per heavy atom. The van der Waals surface area contributed by atoms with Crippen molar-refractivity contribution in [3.63, 3.8) is 0 Å². The van der Waals surface area contributed by atoms with Gasteiger partial charge in [0.05, 0.1) is 5.75 Å². The highest BCUT2D eigenvalue weighted by molar-refractivity contribution is 8.00. The van der Waals surface area contributed by atoms with Crippen molar-refractivity contribution in [1.82, 2.24) is 5.32 Å². The highest BCUT2D eigenvalue weighted by Crippen LogP contribution is 2.25. The van der Waals surface area contributed by atoms with Crippen LogP contribution in [0.3, 0.4) is 0 Å². The van der Waals surface area contributed by atoms with Gasteiger partial charge in [0.2, 0.25) is 5.91 Å². The van der Waals surface area contributed by atoms with Crippen LogP contribution in [-0.2, 0) is 4.79 Å². The third kappa shape index (κ3) is 4.73. The summed E-state index contributed by atoms with van der Waals surface area (Å²) in [4.78, 5) is 13.1. The summed E-state index contributed by atoms with van der Waals surface area (Å²) in [5.41, 5.74) is 0. The Kier molecular flexibility index (Phi) is 6.05. The van der Waals surface area contributed by atoms with Crippen LogP contribution in [0, 0.1) is 5.92 Å². The number of nitrogens with one attached hydrogen (secondary N) is 1. The number of alkyl halides is 1. The second-order valence-electron chi connectivity index (χ2n) is 4.97. The van der Waals surface area contributed by atoms with Crippen molar-refractivity contribution in [3.8, 4) is 0 Å². The van der Waals surface area contributed by atoms with Crippen molar-refractivity contribution in [1.29, 1.82) is 0 Å². The van der Waals surface area contributed by atoms with Crippen molar-refractivity contribution < 1.29 is 4.79 Å². The van der Waals surface area contributed by atoms with E-state index in [1.807, 2.05) is 30.3 Å². The van der Waals surface area contributed by atoms with Gasteiger partial charge in [-0.25, -0.2) is 0 Å². The zero-order chi connectivity index (χ0) is 13.5. The van der Waals surface area contributed by atoms with Crippen LogP contribution in [0.25, 0.3) is 0 Å². The molecule has 2 unspecified atom stereocenters. The molecule has 1 aromatic carbocycles. The van der Waals surface area contributed by atoms with Crippen molar-refractivity contribution in [2.24, 2.45) is 5.92 Å². The SMILES string of the molecule is O=C(CSc1ccccc1)NC1CCCCC1CCl. The van der Waals surface area contributed by atoms with E-state index in [1.165, 1.54) is 12.8 Å². The molecule has 2 rings (SSSR count). The summed E-state index contributed by atoms with van der Waals surface area (Å²) < 4.78 is 0. The first-order chi connectivity index (χ1) is 9.29. The lowest BCUT2D eigenvalue weighted by atomic mass is 9.86. The summed E-state index contributed by atoms with van der Waals surface area (Å²) in [6, 6.07) is 10.3. The molecule has 0 radical (unpaired) electrons. The molecule has 0 saturated heterocycles. The van der Waals surface area contributed by atoms with Gasteiger partial charge in [0.1, 0.15) is 0 Å². The normalized spacial score (nSPS) is 23.0. The zero-order valence-corrected chi connectivity index (χ0v) is 12.6. The van der Waals surface area contributed by atoms with Gasteiger partial charge < -0.3 is 5.32 Å². The summed E-state index contributed by atoms with van der Waals surface area (Å²) in [5.74, 6) is 1.70. The summed E-state index contributed by atoms with van der Waals surface area (Å²) in [6.45, 7) is 0. The maximum Gasteiger partial charge on any atom is 0.230 e. The molecule has 0 aliphatic heterocycles. The van der Waals surface area contributed by atoms with Crippen LogP contribution in [0.5, 0.6) is 0 Å². The quantitative estimate of drug-likeness (QED) is 0.663. The molecule has 2 nitrogen and oxygen atoms in total. The van der Waals surface area contributed by atoms with Crippen molar-refractivity contribution in [2.75, 3.05) is 11.6 Å². The first kappa shape index (κ1) is 14.7. The minimum Gasteiger partial charge on any atom is -0.352 e. The van der Waals surface area contributed by atoms with Crippen LogP contribution in [0.1, 0.15) is 25.7 Å². The predicted molar refractivity (Wildman–Crippen MR) is 81.8 cm³/mol. The van der Waals surface area contributed by atoms with Gasteiger partial charge in [-0.1, -0.05) is 31.0 Å². The van der Waals surface area contributed by atoms with Crippen LogP contribution in [-0.4, -0.2) is 23.6 Å². The molecule has 1 aliphatic rings. The second-order valence-corrected chi connectivity index (χ2v) is 6.33. The van der Waals surface area contributed by atoms with E-state index in [0.29, 0.717) is 17.6 Å². The van der Waals surface area contributed by atoms with Gasteiger partial charge in [-0.2, -0.15) is 0 Å². The summed E-state index contributed by atoms with van der Waals surface area (Å²) in [5, 5.41) is 3.15. The molecule has 19 heavy (non-hydrogen) atoms. The monoisotopic (exact) mass is 297 g/mol. The summed E-state index contributed by atoms with van der Waals surface area (Å²) >= 11 is 7.56. The van der Waals surface area contributed by atoms with Crippen molar-refractivity contribution in [2.45, 2.75) is 36.6 Å². The van der Waals surface area contributed by atoms with E-state index in [0.717, 1.165) is 17.7 Å². The molecule has 1 aliphatic carbocycles. The molecule has 1 N–H and O–H groups in total. The number of carbonyl (C=O) groups excluding carboxylic acids is 1. The molecule has 1 aromatic rings. The molecule has 0 aromatic heterocycles. The van der Waals surface area contributed by atoms with Gasteiger partial charge in [-0.05, 0) is 30.9 Å². The van der Waals surface area contributed by atoms with Crippen molar-refractivity contribution in [3.05, 3.63) is 30.3 Å². The summed E-state index contributed by atoms with van der Waals surface area (Å²) in [6.07, 6.45) is 4.64. The Labute approximate surface area is 124 Å². The summed E-state index contributed by atoms with van der Waals surface area (Å²) in [7, 11) is 0. The van der Waals surface area contributed by atoms with Crippen LogP contribution >= 0.6 is 23.4 Å². The van der Waals surface area contributed by atoms with E-state index in [1.54, 1.807) is 11.8 Å². The smallest absolute Gasteiger partial charge is 0.230 e. The molecule has 2 atom stereocenters. The number of carbonyl (C=O) groups is 1. The van der Waals surface area contributed by atoms with E-state index in [-0.39, 0.29) is 11.9 Å². The number of hydrogen-bond acceptors (Lipinski definition) is 2. The number of halogens is 1. The van der Waals surface area contributed by atoms with Crippen LogP contribution in [0.4, 0.5) is 0 Å². The molecular formula is C15H20ClNOS. The topological polar surface area (TPSA) is 29.1 Å². The minimum atomic E-state index is 0.121. The van der Waals surface area contributed by atoms with Gasteiger partial charge in [-0.15, -0.1) is 23.4 Å². The molecule has 0 bridgehead atoms. The van der Waals surface area contributed by atoms with Gasteiger partial charge >= 0.3 is 0 Å². The molecule has 0 heterocycles. The number of thioether (sulfide) groups is 1. The Bertz CT molecular complexity index is 398. The van der Waals surface area contributed by atoms with E-state index < -0.39 is 0 Å². The fraction of sp³-hybridized carbons (Fsp3) is 0.533. The second kappa shape index (κ2) is 7.81. The highest BCUT2D eigenvalue weighted by atomic mass is 35.5. The maximum atomic E-state index is 12.0. The minimum absolute atomic E-state index is 0.121. The van der Waals surface area contributed by atoms with Gasteiger partial charge in [0.15, 0.2) is 0 Å².